The molecule has 0 bridgehead atoms. The molecule has 1 amide bonds. The van der Waals surface area contributed by atoms with E-state index in [4.69, 9.17) is 10.8 Å². The highest BCUT2D eigenvalue weighted by molar-refractivity contribution is 5.87. The van der Waals surface area contributed by atoms with Crippen LogP contribution < -0.4 is 5.73 Å². The maximum atomic E-state index is 11.3. The van der Waals surface area contributed by atoms with Crippen LogP contribution in [0.4, 0.5) is 0 Å². The lowest BCUT2D eigenvalue weighted by Gasteiger charge is -2.33. The Hall–Kier alpha value is -1.88. The van der Waals surface area contributed by atoms with E-state index in [0.717, 1.165) is 29.7 Å². The Labute approximate surface area is 131 Å². The number of piperidine rings is 1. The summed E-state index contributed by atoms with van der Waals surface area (Å²) in [6.45, 7) is 4.52. The lowest BCUT2D eigenvalue weighted by Crippen LogP contribution is -2.33. The van der Waals surface area contributed by atoms with Gasteiger partial charge in [0.2, 0.25) is 5.91 Å². The molecule has 1 aliphatic heterocycles. The topological polar surface area (TPSA) is 64.2 Å². The molecule has 0 aliphatic carbocycles. The van der Waals surface area contributed by atoms with Crippen LogP contribution in [-0.4, -0.2) is 40.7 Å². The average Bonchev–Trinajstić information content (AvgIpc) is 2.86. The third kappa shape index (κ3) is 2.86. The zero-order chi connectivity index (χ0) is 15.7. The van der Waals surface area contributed by atoms with Gasteiger partial charge < -0.3 is 10.6 Å². The first-order valence-electron chi connectivity index (χ1n) is 7.99. The molecule has 1 atom stereocenters. The molecule has 0 unspecified atom stereocenters. The zero-order valence-electron chi connectivity index (χ0n) is 13.3. The van der Waals surface area contributed by atoms with E-state index < -0.39 is 0 Å². The molecule has 2 N–H and O–H groups in total. The Morgan fingerprint density at radius 3 is 2.73 bits per heavy atom. The molecule has 22 heavy (non-hydrogen) atoms. The van der Waals surface area contributed by atoms with E-state index in [0.29, 0.717) is 12.0 Å². The Morgan fingerprint density at radius 1 is 1.36 bits per heavy atom. The largest absolute Gasteiger partial charge is 0.369 e. The Balaban J connectivity index is 1.94. The van der Waals surface area contributed by atoms with Gasteiger partial charge in [-0.1, -0.05) is 18.2 Å². The number of likely N-dealkylation sites (tertiary alicyclic amines) is 1. The van der Waals surface area contributed by atoms with E-state index in [-0.39, 0.29) is 12.3 Å². The van der Waals surface area contributed by atoms with Crippen molar-refractivity contribution in [1.29, 1.82) is 0 Å². The van der Waals surface area contributed by atoms with Gasteiger partial charge in [-0.2, -0.15) is 5.10 Å². The number of aromatic nitrogens is 2. The summed E-state index contributed by atoms with van der Waals surface area (Å²) in [4.78, 5) is 13.7. The molecular formula is C17H24N4O. The van der Waals surface area contributed by atoms with Crippen molar-refractivity contribution in [3.8, 4) is 0 Å². The molecule has 0 spiro atoms. The number of fused-ring (bicyclic) bond motifs is 1. The van der Waals surface area contributed by atoms with Crippen LogP contribution >= 0.6 is 0 Å². The van der Waals surface area contributed by atoms with Crippen molar-refractivity contribution in [1.82, 2.24) is 14.7 Å². The number of rotatable bonds is 4. The number of hydrogen-bond donors (Lipinski definition) is 1. The molecule has 1 aliphatic rings. The van der Waals surface area contributed by atoms with E-state index in [1.54, 1.807) is 0 Å². The van der Waals surface area contributed by atoms with Crippen LogP contribution in [0.15, 0.2) is 24.3 Å². The number of carbonyl (C=O) groups is 1. The quantitative estimate of drug-likeness (QED) is 0.939. The third-order valence-electron chi connectivity index (χ3n) is 4.86. The van der Waals surface area contributed by atoms with E-state index in [2.05, 4.69) is 29.6 Å². The van der Waals surface area contributed by atoms with E-state index in [1.807, 2.05) is 18.2 Å². The van der Waals surface area contributed by atoms with Crippen molar-refractivity contribution in [2.75, 3.05) is 20.1 Å². The van der Waals surface area contributed by atoms with Crippen LogP contribution in [0.5, 0.6) is 0 Å². The van der Waals surface area contributed by atoms with Gasteiger partial charge >= 0.3 is 0 Å². The van der Waals surface area contributed by atoms with E-state index >= 15 is 0 Å². The number of nitrogens with two attached hydrogens (primary N) is 1. The molecule has 0 saturated carbocycles. The molecule has 1 aromatic carbocycles. The second-order valence-electron chi connectivity index (χ2n) is 6.43. The molecule has 0 radical (unpaired) electrons. The Morgan fingerprint density at radius 2 is 2.05 bits per heavy atom. The molecule has 1 saturated heterocycles. The highest BCUT2D eigenvalue weighted by Crippen LogP contribution is 2.31. The summed E-state index contributed by atoms with van der Waals surface area (Å²) < 4.78 is 2.10. The summed E-state index contributed by atoms with van der Waals surface area (Å²) in [5.41, 5.74) is 7.26. The fourth-order valence-electron chi connectivity index (χ4n) is 3.47. The van der Waals surface area contributed by atoms with Crippen LogP contribution in [0.1, 0.15) is 31.5 Å². The smallest absolute Gasteiger partial charge is 0.223 e. The molecule has 3 rings (SSSR count). The summed E-state index contributed by atoms with van der Waals surface area (Å²) >= 11 is 0. The standard InChI is InChI=1S/C17H24N4O/c1-12(13-7-9-20(2)10-8-13)21-16-6-4-3-5-14(16)15(19-21)11-17(18)22/h3-6,12-13H,7-11H2,1-2H3,(H2,18,22)/t12-/m1/s1. The number of amides is 1. The Kier molecular flexibility index (Phi) is 4.16. The van der Waals surface area contributed by atoms with Gasteiger partial charge in [-0.3, -0.25) is 9.48 Å². The minimum atomic E-state index is -0.331. The van der Waals surface area contributed by atoms with Gasteiger partial charge in [0.05, 0.1) is 23.7 Å². The number of nitrogens with zero attached hydrogens (tertiary/aromatic N) is 3. The summed E-state index contributed by atoms with van der Waals surface area (Å²) in [6.07, 6.45) is 2.58. The van der Waals surface area contributed by atoms with Gasteiger partial charge in [0.25, 0.3) is 0 Å². The first kappa shape index (κ1) is 15.0. The van der Waals surface area contributed by atoms with Crippen molar-refractivity contribution in [2.45, 2.75) is 32.2 Å². The van der Waals surface area contributed by atoms with Gasteiger partial charge in [0, 0.05) is 5.39 Å². The number of benzene rings is 1. The van der Waals surface area contributed by atoms with Gasteiger partial charge in [-0.25, -0.2) is 0 Å². The zero-order valence-corrected chi connectivity index (χ0v) is 13.3. The number of para-hydroxylation sites is 1. The molecule has 1 fully saturated rings. The molecule has 5 nitrogen and oxygen atoms in total. The van der Waals surface area contributed by atoms with Crippen LogP contribution in [0.2, 0.25) is 0 Å². The van der Waals surface area contributed by atoms with Crippen molar-refractivity contribution >= 4 is 16.8 Å². The fourth-order valence-corrected chi connectivity index (χ4v) is 3.47. The maximum absolute atomic E-state index is 11.3. The van der Waals surface area contributed by atoms with Crippen molar-refractivity contribution < 1.29 is 4.79 Å². The second-order valence-corrected chi connectivity index (χ2v) is 6.43. The van der Waals surface area contributed by atoms with Gasteiger partial charge in [0.15, 0.2) is 0 Å². The van der Waals surface area contributed by atoms with Crippen LogP contribution in [0.25, 0.3) is 10.9 Å². The van der Waals surface area contributed by atoms with Gasteiger partial charge in [-0.15, -0.1) is 0 Å². The summed E-state index contributed by atoms with van der Waals surface area (Å²) in [6, 6.07) is 8.45. The van der Waals surface area contributed by atoms with Gasteiger partial charge in [-0.05, 0) is 51.9 Å². The second kappa shape index (κ2) is 6.08. The van der Waals surface area contributed by atoms with Crippen LogP contribution in [0.3, 0.4) is 0 Å². The summed E-state index contributed by atoms with van der Waals surface area (Å²) in [5.74, 6) is 0.295. The molecule has 1 aromatic heterocycles. The minimum Gasteiger partial charge on any atom is -0.369 e. The summed E-state index contributed by atoms with van der Waals surface area (Å²) in [7, 11) is 2.18. The lowest BCUT2D eigenvalue weighted by molar-refractivity contribution is -0.117. The van der Waals surface area contributed by atoms with Crippen molar-refractivity contribution in [2.24, 2.45) is 11.7 Å². The predicted octanol–water partition coefficient (Wildman–Crippen LogP) is 1.97. The molecule has 118 valence electrons. The van der Waals surface area contributed by atoms with Crippen molar-refractivity contribution in [3.63, 3.8) is 0 Å². The molecular weight excluding hydrogens is 276 g/mol. The molecule has 2 aromatic rings. The summed E-state index contributed by atoms with van der Waals surface area (Å²) in [5, 5.41) is 5.77. The highest BCUT2D eigenvalue weighted by atomic mass is 16.1. The third-order valence-corrected chi connectivity index (χ3v) is 4.86. The SMILES string of the molecule is C[C@H](C1CCN(C)CC1)n1nc(CC(N)=O)c2ccccc21. The van der Waals surface area contributed by atoms with Crippen LogP contribution in [0, 0.1) is 5.92 Å². The first-order chi connectivity index (χ1) is 10.6. The van der Waals surface area contributed by atoms with Crippen molar-refractivity contribution in [3.05, 3.63) is 30.0 Å². The highest BCUT2D eigenvalue weighted by Gasteiger charge is 2.26. The van der Waals surface area contributed by atoms with E-state index in [1.165, 1.54) is 12.8 Å². The van der Waals surface area contributed by atoms with Gasteiger partial charge in [0.1, 0.15) is 0 Å². The normalized spacial score (nSPS) is 18.6. The monoisotopic (exact) mass is 300 g/mol. The fraction of sp³-hybridized carbons (Fsp3) is 0.529. The lowest BCUT2D eigenvalue weighted by atomic mass is 9.90. The maximum Gasteiger partial charge on any atom is 0.223 e. The molecule has 2 heterocycles. The first-order valence-corrected chi connectivity index (χ1v) is 7.99. The Bertz CT molecular complexity index is 670. The molecule has 5 heteroatoms. The van der Waals surface area contributed by atoms with Crippen LogP contribution in [-0.2, 0) is 11.2 Å². The number of primary amides is 1. The average molecular weight is 300 g/mol. The van der Waals surface area contributed by atoms with E-state index in [9.17, 15) is 4.79 Å². The number of hydrogen-bond acceptors (Lipinski definition) is 3. The minimum absolute atomic E-state index is 0.202. The number of carbonyl (C=O) groups excluding carboxylic acids is 1. The predicted molar refractivity (Wildman–Crippen MR) is 87.6 cm³/mol.